The highest BCUT2D eigenvalue weighted by Gasteiger charge is 2.50. The Labute approximate surface area is 333 Å². The Bertz CT molecular complexity index is 2150. The quantitative estimate of drug-likeness (QED) is 0.0343. The molecule has 26 heteroatoms. The van der Waals surface area contributed by atoms with Crippen molar-refractivity contribution in [1.82, 2.24) is 14.9 Å². The molecule has 2 saturated heterocycles. The van der Waals surface area contributed by atoms with Gasteiger partial charge in [0.25, 0.3) is 5.56 Å². The van der Waals surface area contributed by atoms with Crippen molar-refractivity contribution < 1.29 is 91.1 Å². The van der Waals surface area contributed by atoms with E-state index in [0.717, 1.165) is 34.2 Å². The van der Waals surface area contributed by atoms with Crippen molar-refractivity contribution in [3.05, 3.63) is 80.6 Å². The number of amides is 1. The minimum atomic E-state index is -5.75. The van der Waals surface area contributed by atoms with Gasteiger partial charge in [-0.3, -0.25) is 28.2 Å². The van der Waals surface area contributed by atoms with Crippen molar-refractivity contribution in [2.75, 3.05) is 39.6 Å². The topological polar surface area (TPSA) is 351 Å². The Morgan fingerprint density at radius 2 is 1.53 bits per heavy atom. The molecule has 9 N–H and O–H groups in total. The van der Waals surface area contributed by atoms with E-state index >= 15 is 0 Å². The summed E-state index contributed by atoms with van der Waals surface area (Å²) in [6.07, 6.45) is -16.0. The lowest BCUT2D eigenvalue weighted by Gasteiger charge is -2.40. The minimum Gasteiger partial charge on any atom is -0.459 e. The number of aliphatic hydroxyl groups excluding tert-OH is 5. The van der Waals surface area contributed by atoms with Crippen LogP contribution in [0.5, 0.6) is 0 Å². The number of esters is 1. The Morgan fingerprint density at radius 1 is 0.831 bits per heavy atom. The van der Waals surface area contributed by atoms with Crippen LogP contribution in [0.25, 0.3) is 10.8 Å². The number of aliphatic hydroxyl groups is 5. The lowest BCUT2D eigenvalue weighted by molar-refractivity contribution is -0.273. The molecule has 2 aliphatic rings. The third kappa shape index (κ3) is 12.9. The average Bonchev–Trinajstić information content (AvgIpc) is 3.45. The second-order valence-electron chi connectivity index (χ2n) is 13.3. The third-order valence-corrected chi connectivity index (χ3v) is 11.4. The molecule has 2 fully saturated rings. The van der Waals surface area contributed by atoms with Gasteiger partial charge in [0.05, 0.1) is 19.8 Å². The summed E-state index contributed by atoms with van der Waals surface area (Å²) in [5.74, 6) is -1.38. The maximum Gasteiger partial charge on any atom is 0.483 e. The van der Waals surface area contributed by atoms with Crippen molar-refractivity contribution in [2.24, 2.45) is 0 Å². The van der Waals surface area contributed by atoms with E-state index in [2.05, 4.69) is 18.7 Å². The molecule has 0 radical (unpaired) electrons. The van der Waals surface area contributed by atoms with Gasteiger partial charge >= 0.3 is 27.3 Å². The monoisotopic (exact) mass is 879 g/mol. The maximum absolute atomic E-state index is 12.6. The van der Waals surface area contributed by atoms with Gasteiger partial charge in [0.1, 0.15) is 62.5 Å². The second-order valence-corrected chi connectivity index (χ2v) is 16.2. The predicted octanol–water partition coefficient (Wildman–Crippen LogP) is -2.43. The molecule has 2 aromatic carbocycles. The molecular weight excluding hydrogens is 836 g/mol. The number of aromatic amines is 1. The molecule has 3 aromatic rings. The fraction of sp³-hybridized carbons (Fsp3) is 0.515. The van der Waals surface area contributed by atoms with E-state index in [0.29, 0.717) is 4.57 Å². The van der Waals surface area contributed by atoms with E-state index in [1.54, 1.807) is 0 Å². The first kappa shape index (κ1) is 46.3. The van der Waals surface area contributed by atoms with E-state index in [1.807, 2.05) is 48.3 Å². The fourth-order valence-corrected chi connectivity index (χ4v) is 7.94. The van der Waals surface area contributed by atoms with Crippen LogP contribution in [0.2, 0.25) is 0 Å². The van der Waals surface area contributed by atoms with Gasteiger partial charge in [-0.15, -0.1) is 0 Å². The summed E-state index contributed by atoms with van der Waals surface area (Å²) in [5, 5.41) is 55.9. The summed E-state index contributed by atoms with van der Waals surface area (Å²) in [6, 6.07) is 12.6. The van der Waals surface area contributed by atoms with Gasteiger partial charge in [-0.25, -0.2) is 18.7 Å². The van der Waals surface area contributed by atoms with Gasteiger partial charge in [0, 0.05) is 18.8 Å². The van der Waals surface area contributed by atoms with Crippen molar-refractivity contribution in [1.29, 1.82) is 0 Å². The Morgan fingerprint density at radius 3 is 2.25 bits per heavy atom. The summed E-state index contributed by atoms with van der Waals surface area (Å²) in [5.41, 5.74) is 0.106. The number of carbonyl (C=O) groups excluding carboxylic acids is 2. The molecule has 24 nitrogen and oxygen atoms in total. The minimum absolute atomic E-state index is 0.0455. The number of ether oxygens (including phenoxy) is 5. The fourth-order valence-electron chi connectivity index (χ4n) is 5.78. The van der Waals surface area contributed by atoms with Crippen LogP contribution >= 0.6 is 15.6 Å². The maximum atomic E-state index is 12.6. The zero-order valence-corrected chi connectivity index (χ0v) is 32.7. The second kappa shape index (κ2) is 20.2. The summed E-state index contributed by atoms with van der Waals surface area (Å²) < 4.78 is 65.4. The number of nitrogens with one attached hydrogen (secondary N) is 2. The van der Waals surface area contributed by atoms with E-state index in [-0.39, 0.29) is 26.4 Å². The number of H-pyrrole nitrogens is 1. The first-order chi connectivity index (χ1) is 27.8. The number of nitrogens with zero attached hydrogens (tertiary/aromatic N) is 1. The van der Waals surface area contributed by atoms with Crippen LogP contribution in [0, 0.1) is 6.92 Å². The molecular formula is C33H43N3O21P2. The lowest BCUT2D eigenvalue weighted by Crippen LogP contribution is -2.60. The molecule has 5 rings (SSSR count). The number of rotatable bonds is 19. The first-order valence-electron chi connectivity index (χ1n) is 17.6. The van der Waals surface area contributed by atoms with Gasteiger partial charge < -0.3 is 64.3 Å². The van der Waals surface area contributed by atoms with Gasteiger partial charge in [-0.2, -0.15) is 4.31 Å². The SMILES string of the molecule is Cc1ccc2ccc(COC(=O)COCCOCC(=O)NC[C@H]3O[C@H](OP(=O)(O)OP(=O)(O)OC[C@H]4O[C@@H](n5ccc(=O)[nH]c5=O)[C@H](O)[C@@H]4O)[C@H](O)[C@@H](O)[C@H]3O)cc2c1. The summed E-state index contributed by atoms with van der Waals surface area (Å²) in [4.78, 5) is 69.9. The number of hydrogen-bond donors (Lipinski definition) is 9. The van der Waals surface area contributed by atoms with Crippen LogP contribution in [0.4, 0.5) is 0 Å². The summed E-state index contributed by atoms with van der Waals surface area (Å²) in [7, 11) is -11.3. The molecule has 0 saturated carbocycles. The van der Waals surface area contributed by atoms with E-state index < -0.39 is 114 Å². The molecule has 2 unspecified atom stereocenters. The molecule has 0 spiro atoms. The van der Waals surface area contributed by atoms with Crippen molar-refractivity contribution >= 4 is 38.3 Å². The molecule has 11 atom stereocenters. The van der Waals surface area contributed by atoms with Crippen LogP contribution in [0.3, 0.4) is 0 Å². The number of fused-ring (bicyclic) bond motifs is 1. The standard InChI is InChI=1S/C33H43N3O21P2/c1-17-2-4-19-5-3-18(11-20(19)10-17)13-52-25(39)16-51-9-8-50-15-24(38)34-12-21-26(40)28(42)30(44)32(55-21)56-59(48,49)57-58(46,47)53-14-22-27(41)29(43)31(54-22)36-7-6-23(37)35-33(36)45/h2-7,10-11,21-22,26-32,40-44H,8-9,12-16H2,1H3,(H,34,38)(H,46,47)(H,48,49)(H,35,37,45)/t21-,22-,26+,27-,28+,29-,30-,31-,32-/m1/s1. The smallest absolute Gasteiger partial charge is 0.459 e. The van der Waals surface area contributed by atoms with Gasteiger partial charge in [-0.1, -0.05) is 35.9 Å². The normalized spacial score (nSPS) is 27.8. The zero-order valence-electron chi connectivity index (χ0n) is 31.0. The van der Waals surface area contributed by atoms with Gasteiger partial charge in [-0.05, 0) is 29.3 Å². The molecule has 3 heterocycles. The molecule has 1 aromatic heterocycles. The number of phosphoric ester groups is 2. The highest BCUT2D eigenvalue weighted by atomic mass is 31.3. The van der Waals surface area contributed by atoms with Gasteiger partial charge in [0.15, 0.2) is 12.5 Å². The Kier molecular flexibility index (Phi) is 15.8. The largest absolute Gasteiger partial charge is 0.483 e. The van der Waals surface area contributed by atoms with Crippen LogP contribution < -0.4 is 16.6 Å². The molecule has 0 aliphatic carbocycles. The molecule has 0 bridgehead atoms. The summed E-state index contributed by atoms with van der Waals surface area (Å²) in [6.45, 7) is -0.743. The van der Waals surface area contributed by atoms with E-state index in [9.17, 15) is 63.6 Å². The van der Waals surface area contributed by atoms with Crippen LogP contribution in [-0.4, -0.2) is 145 Å². The highest BCUT2D eigenvalue weighted by molar-refractivity contribution is 7.61. The highest BCUT2D eigenvalue weighted by Crippen LogP contribution is 2.61. The number of benzene rings is 2. The van der Waals surface area contributed by atoms with Crippen molar-refractivity contribution in [3.8, 4) is 0 Å². The molecule has 59 heavy (non-hydrogen) atoms. The number of hydrogen-bond acceptors (Lipinski definition) is 19. The number of aryl methyl sites for hydroxylation is 1. The van der Waals surface area contributed by atoms with Crippen LogP contribution in [-0.2, 0) is 62.4 Å². The third-order valence-electron chi connectivity index (χ3n) is 8.76. The van der Waals surface area contributed by atoms with Crippen molar-refractivity contribution in [3.63, 3.8) is 0 Å². The van der Waals surface area contributed by atoms with E-state index in [1.165, 1.54) is 0 Å². The Hall–Kier alpha value is -3.78. The molecule has 1 amide bonds. The predicted molar refractivity (Wildman–Crippen MR) is 195 cm³/mol. The van der Waals surface area contributed by atoms with Gasteiger partial charge in [0.2, 0.25) is 5.91 Å². The first-order valence-corrected chi connectivity index (χ1v) is 20.6. The summed E-state index contributed by atoms with van der Waals surface area (Å²) >= 11 is 0. The zero-order chi connectivity index (χ0) is 43.1. The number of aromatic nitrogens is 2. The number of carbonyl (C=O) groups is 2. The molecule has 2 aliphatic heterocycles. The van der Waals surface area contributed by atoms with Crippen molar-refractivity contribution in [2.45, 2.75) is 68.8 Å². The Balaban J connectivity index is 0.997. The average molecular weight is 880 g/mol. The van der Waals surface area contributed by atoms with Crippen LogP contribution in [0.1, 0.15) is 17.4 Å². The lowest BCUT2D eigenvalue weighted by atomic mass is 9.99. The molecule has 326 valence electrons. The number of phosphoric acid groups is 2. The van der Waals surface area contributed by atoms with Crippen LogP contribution in [0.15, 0.2) is 58.3 Å². The van der Waals surface area contributed by atoms with E-state index in [4.69, 9.17) is 23.7 Å².